The Bertz CT molecular complexity index is 576. The molecule has 1 aromatic heterocycles. The summed E-state index contributed by atoms with van der Waals surface area (Å²) in [6, 6.07) is 5.23. The zero-order chi connectivity index (χ0) is 12.8. The highest BCUT2D eigenvalue weighted by molar-refractivity contribution is 7.22. The van der Waals surface area contributed by atoms with Crippen LogP contribution < -0.4 is 5.32 Å². The molecule has 1 aliphatic rings. The average Bonchev–Trinajstić information content (AvgIpc) is 2.82. The highest BCUT2D eigenvalue weighted by Gasteiger charge is 2.34. The summed E-state index contributed by atoms with van der Waals surface area (Å²) in [7, 11) is 0. The van der Waals surface area contributed by atoms with Gasteiger partial charge in [-0.05, 0) is 36.5 Å². The standard InChI is InChI=1S/C14H17FN2S/c1-14(2)7-3-4-12(14)17-13-16-10-6-5-9(15)8-11(10)18-13/h5-6,8,12H,3-4,7H2,1-2H3,(H,16,17). The van der Waals surface area contributed by atoms with Gasteiger partial charge in [0.15, 0.2) is 5.13 Å². The van der Waals surface area contributed by atoms with Crippen molar-refractivity contribution in [2.24, 2.45) is 5.41 Å². The molecule has 0 saturated heterocycles. The number of nitrogens with one attached hydrogen (secondary N) is 1. The fraction of sp³-hybridized carbons (Fsp3) is 0.500. The Morgan fingerprint density at radius 1 is 1.44 bits per heavy atom. The van der Waals surface area contributed by atoms with Gasteiger partial charge in [0.2, 0.25) is 0 Å². The monoisotopic (exact) mass is 264 g/mol. The van der Waals surface area contributed by atoms with E-state index in [9.17, 15) is 4.39 Å². The number of rotatable bonds is 2. The first-order valence-electron chi connectivity index (χ1n) is 6.37. The largest absolute Gasteiger partial charge is 0.358 e. The molecule has 2 aromatic rings. The molecule has 1 aromatic carbocycles. The molecule has 4 heteroatoms. The minimum absolute atomic E-state index is 0.195. The number of aromatic nitrogens is 1. The van der Waals surface area contributed by atoms with Crippen molar-refractivity contribution < 1.29 is 4.39 Å². The molecule has 1 fully saturated rings. The maximum Gasteiger partial charge on any atom is 0.184 e. The number of nitrogens with zero attached hydrogens (tertiary/aromatic N) is 1. The topological polar surface area (TPSA) is 24.9 Å². The van der Waals surface area contributed by atoms with E-state index in [1.807, 2.05) is 0 Å². The molecular formula is C14H17FN2S. The summed E-state index contributed by atoms with van der Waals surface area (Å²) >= 11 is 1.54. The SMILES string of the molecule is CC1(C)CCCC1Nc1nc2ccc(F)cc2s1. The molecule has 2 nitrogen and oxygen atoms in total. The number of benzene rings is 1. The van der Waals surface area contributed by atoms with Crippen LogP contribution in [0.3, 0.4) is 0 Å². The van der Waals surface area contributed by atoms with E-state index in [1.54, 1.807) is 12.1 Å². The van der Waals surface area contributed by atoms with Gasteiger partial charge in [-0.15, -0.1) is 0 Å². The van der Waals surface area contributed by atoms with Crippen molar-refractivity contribution in [3.05, 3.63) is 24.0 Å². The van der Waals surface area contributed by atoms with E-state index in [4.69, 9.17) is 0 Å². The predicted molar refractivity (Wildman–Crippen MR) is 74.6 cm³/mol. The number of hydrogen-bond donors (Lipinski definition) is 1. The van der Waals surface area contributed by atoms with E-state index in [0.717, 1.165) is 15.3 Å². The maximum absolute atomic E-state index is 13.1. The van der Waals surface area contributed by atoms with Crippen LogP contribution in [0.4, 0.5) is 9.52 Å². The molecular weight excluding hydrogens is 247 g/mol. The van der Waals surface area contributed by atoms with E-state index in [2.05, 4.69) is 24.1 Å². The zero-order valence-corrected chi connectivity index (χ0v) is 11.5. The molecule has 1 unspecified atom stereocenters. The van der Waals surface area contributed by atoms with Crippen molar-refractivity contribution in [1.29, 1.82) is 0 Å². The second-order valence-corrected chi connectivity index (χ2v) is 6.74. The van der Waals surface area contributed by atoms with Gasteiger partial charge in [-0.1, -0.05) is 31.6 Å². The lowest BCUT2D eigenvalue weighted by molar-refractivity contribution is 0.350. The van der Waals surface area contributed by atoms with Crippen molar-refractivity contribution in [3.8, 4) is 0 Å². The molecule has 1 saturated carbocycles. The van der Waals surface area contributed by atoms with Crippen molar-refractivity contribution in [2.45, 2.75) is 39.2 Å². The smallest absolute Gasteiger partial charge is 0.184 e. The number of halogens is 1. The van der Waals surface area contributed by atoms with Crippen LogP contribution in [-0.4, -0.2) is 11.0 Å². The highest BCUT2D eigenvalue weighted by atomic mass is 32.1. The van der Waals surface area contributed by atoms with Crippen molar-refractivity contribution in [1.82, 2.24) is 4.98 Å². The van der Waals surface area contributed by atoms with Crippen LogP contribution >= 0.6 is 11.3 Å². The van der Waals surface area contributed by atoms with Crippen molar-refractivity contribution in [3.63, 3.8) is 0 Å². The molecule has 0 aliphatic heterocycles. The minimum atomic E-state index is -0.195. The Kier molecular flexibility index (Phi) is 2.77. The summed E-state index contributed by atoms with van der Waals surface area (Å²) in [5, 5.41) is 4.44. The van der Waals surface area contributed by atoms with Crippen LogP contribution in [0.25, 0.3) is 10.2 Å². The van der Waals surface area contributed by atoms with Crippen molar-refractivity contribution >= 4 is 26.7 Å². The van der Waals surface area contributed by atoms with Crippen LogP contribution in [0.15, 0.2) is 18.2 Å². The first-order valence-corrected chi connectivity index (χ1v) is 7.19. The molecule has 1 aliphatic carbocycles. The third kappa shape index (κ3) is 2.09. The van der Waals surface area contributed by atoms with Gasteiger partial charge < -0.3 is 5.32 Å². The Morgan fingerprint density at radius 2 is 2.28 bits per heavy atom. The fourth-order valence-electron chi connectivity index (χ4n) is 2.70. The van der Waals surface area contributed by atoms with Gasteiger partial charge in [0.05, 0.1) is 10.2 Å². The summed E-state index contributed by atoms with van der Waals surface area (Å²) in [6.45, 7) is 4.59. The summed E-state index contributed by atoms with van der Waals surface area (Å²) in [5.74, 6) is -0.195. The average molecular weight is 264 g/mol. The Hall–Kier alpha value is -1.16. The molecule has 1 atom stereocenters. The van der Waals surface area contributed by atoms with Gasteiger partial charge in [-0.2, -0.15) is 0 Å². The number of thiazole rings is 1. The summed E-state index contributed by atoms with van der Waals surface area (Å²) in [6.07, 6.45) is 3.71. The summed E-state index contributed by atoms with van der Waals surface area (Å²) in [4.78, 5) is 4.52. The maximum atomic E-state index is 13.1. The number of fused-ring (bicyclic) bond motifs is 1. The Labute approximate surface area is 110 Å². The van der Waals surface area contributed by atoms with Gasteiger partial charge >= 0.3 is 0 Å². The van der Waals surface area contributed by atoms with Crippen LogP contribution in [0, 0.1) is 11.2 Å². The normalized spacial score (nSPS) is 22.5. The molecule has 0 spiro atoms. The lowest BCUT2D eigenvalue weighted by atomic mass is 9.87. The first-order chi connectivity index (χ1) is 8.54. The molecule has 1 N–H and O–H groups in total. The lowest BCUT2D eigenvalue weighted by Crippen LogP contribution is -2.30. The van der Waals surface area contributed by atoms with Crippen LogP contribution in [0.2, 0.25) is 0 Å². The van der Waals surface area contributed by atoms with E-state index < -0.39 is 0 Å². The second kappa shape index (κ2) is 4.19. The second-order valence-electron chi connectivity index (χ2n) is 5.71. The quantitative estimate of drug-likeness (QED) is 0.868. The van der Waals surface area contributed by atoms with Crippen molar-refractivity contribution in [2.75, 3.05) is 5.32 Å². The fourth-order valence-corrected chi connectivity index (χ4v) is 3.65. The molecule has 0 amide bonds. The van der Waals surface area contributed by atoms with Gasteiger partial charge in [-0.3, -0.25) is 0 Å². The van der Waals surface area contributed by atoms with Gasteiger partial charge in [0.1, 0.15) is 5.82 Å². The molecule has 18 heavy (non-hydrogen) atoms. The summed E-state index contributed by atoms with van der Waals surface area (Å²) < 4.78 is 14.0. The number of hydrogen-bond acceptors (Lipinski definition) is 3. The third-order valence-electron chi connectivity index (χ3n) is 3.91. The predicted octanol–water partition coefficient (Wildman–Crippen LogP) is 4.43. The molecule has 1 heterocycles. The molecule has 0 bridgehead atoms. The van der Waals surface area contributed by atoms with Gasteiger partial charge in [0.25, 0.3) is 0 Å². The minimum Gasteiger partial charge on any atom is -0.358 e. The number of anilines is 1. The van der Waals surface area contributed by atoms with Gasteiger partial charge in [0, 0.05) is 6.04 Å². The Balaban J connectivity index is 1.87. The Morgan fingerprint density at radius 3 is 3.00 bits per heavy atom. The van der Waals surface area contributed by atoms with E-state index in [0.29, 0.717) is 11.5 Å². The van der Waals surface area contributed by atoms with E-state index >= 15 is 0 Å². The molecule has 96 valence electrons. The molecule has 0 radical (unpaired) electrons. The van der Waals surface area contributed by atoms with E-state index in [-0.39, 0.29) is 5.82 Å². The van der Waals surface area contributed by atoms with Crippen LogP contribution in [0.5, 0.6) is 0 Å². The van der Waals surface area contributed by atoms with Crippen LogP contribution in [0.1, 0.15) is 33.1 Å². The highest BCUT2D eigenvalue weighted by Crippen LogP contribution is 2.40. The lowest BCUT2D eigenvalue weighted by Gasteiger charge is -2.27. The van der Waals surface area contributed by atoms with Gasteiger partial charge in [-0.25, -0.2) is 9.37 Å². The first kappa shape index (κ1) is 11.9. The zero-order valence-electron chi connectivity index (χ0n) is 10.7. The molecule has 3 rings (SSSR count). The summed E-state index contributed by atoms with van der Waals surface area (Å²) in [5.41, 5.74) is 1.20. The van der Waals surface area contributed by atoms with E-state index in [1.165, 1.54) is 36.7 Å². The third-order valence-corrected chi connectivity index (χ3v) is 4.85. The van der Waals surface area contributed by atoms with Crippen LogP contribution in [-0.2, 0) is 0 Å².